The van der Waals surface area contributed by atoms with Crippen LogP contribution < -0.4 is 10.2 Å². The van der Waals surface area contributed by atoms with Gasteiger partial charge >= 0.3 is 0 Å². The highest BCUT2D eigenvalue weighted by Crippen LogP contribution is 2.45. The number of hydrogen-bond acceptors (Lipinski definition) is 5. The van der Waals surface area contributed by atoms with Gasteiger partial charge < -0.3 is 10.2 Å². The Hall–Kier alpha value is -3.13. The standard InChI is InChI=1S/C28H32FN3O3S/c1-6-11-32-23-12-17(2)19(13-22(23)18(3)15-28(32,4)5)14-24-26(34)31(27(35)36-24)16-25(33)30-21-9-7-20(29)8-10-21/h7-10,12-14,18H,6,11,15-16H2,1-5H3,(H,30,33)/b24-14+. The van der Waals surface area contributed by atoms with Gasteiger partial charge in [-0.15, -0.1) is 0 Å². The number of halogens is 1. The van der Waals surface area contributed by atoms with Crippen molar-refractivity contribution in [2.45, 2.75) is 58.9 Å². The van der Waals surface area contributed by atoms with E-state index in [4.69, 9.17) is 0 Å². The van der Waals surface area contributed by atoms with E-state index in [-0.39, 0.29) is 5.54 Å². The number of thioether (sulfide) groups is 1. The quantitative estimate of drug-likeness (QED) is 0.462. The second-order valence-corrected chi connectivity index (χ2v) is 11.2. The van der Waals surface area contributed by atoms with Crippen molar-refractivity contribution in [1.82, 2.24) is 4.90 Å². The molecule has 0 aliphatic carbocycles. The summed E-state index contributed by atoms with van der Waals surface area (Å²) in [7, 11) is 0. The zero-order chi connectivity index (χ0) is 26.2. The first kappa shape index (κ1) is 25.9. The van der Waals surface area contributed by atoms with Gasteiger partial charge in [0.15, 0.2) is 0 Å². The number of benzene rings is 2. The lowest BCUT2D eigenvalue weighted by Gasteiger charge is -2.48. The average molecular weight is 510 g/mol. The smallest absolute Gasteiger partial charge is 0.294 e. The molecule has 0 radical (unpaired) electrons. The fourth-order valence-electron chi connectivity index (χ4n) is 5.11. The van der Waals surface area contributed by atoms with Gasteiger partial charge in [-0.2, -0.15) is 0 Å². The van der Waals surface area contributed by atoms with Gasteiger partial charge in [0, 0.05) is 23.5 Å². The first-order valence-corrected chi connectivity index (χ1v) is 13.0. The Labute approximate surface area is 215 Å². The van der Waals surface area contributed by atoms with E-state index in [0.717, 1.165) is 47.2 Å². The molecule has 4 rings (SSSR count). The third-order valence-electron chi connectivity index (χ3n) is 6.81. The van der Waals surface area contributed by atoms with Crippen molar-refractivity contribution in [3.05, 3.63) is 63.8 Å². The summed E-state index contributed by atoms with van der Waals surface area (Å²) in [6.45, 7) is 11.6. The van der Waals surface area contributed by atoms with Gasteiger partial charge in [-0.1, -0.05) is 13.8 Å². The van der Waals surface area contributed by atoms with Crippen molar-refractivity contribution < 1.29 is 18.8 Å². The van der Waals surface area contributed by atoms with Crippen LogP contribution in [0.4, 0.5) is 20.6 Å². The molecular formula is C28H32FN3O3S. The molecule has 0 saturated carbocycles. The molecule has 1 saturated heterocycles. The Morgan fingerprint density at radius 2 is 1.92 bits per heavy atom. The molecule has 1 atom stereocenters. The molecular weight excluding hydrogens is 477 g/mol. The van der Waals surface area contributed by atoms with E-state index >= 15 is 0 Å². The maximum Gasteiger partial charge on any atom is 0.294 e. The summed E-state index contributed by atoms with van der Waals surface area (Å²) in [5, 5.41) is 2.10. The molecule has 2 aromatic rings. The Bertz CT molecular complexity index is 1240. The Morgan fingerprint density at radius 3 is 2.58 bits per heavy atom. The monoisotopic (exact) mass is 509 g/mol. The highest BCUT2D eigenvalue weighted by molar-refractivity contribution is 8.18. The predicted molar refractivity (Wildman–Crippen MR) is 144 cm³/mol. The van der Waals surface area contributed by atoms with Crippen LogP contribution in [-0.2, 0) is 9.59 Å². The molecule has 8 heteroatoms. The molecule has 190 valence electrons. The second-order valence-electron chi connectivity index (χ2n) is 10.2. The number of nitrogens with zero attached hydrogens (tertiary/aromatic N) is 2. The number of anilines is 2. The third kappa shape index (κ3) is 5.19. The van der Waals surface area contributed by atoms with Crippen molar-refractivity contribution in [2.24, 2.45) is 0 Å². The number of fused-ring (bicyclic) bond motifs is 1. The van der Waals surface area contributed by atoms with Gasteiger partial charge in [-0.25, -0.2) is 4.39 Å². The Balaban J connectivity index is 1.55. The minimum Gasteiger partial charge on any atom is -0.366 e. The normalized spacial score (nSPS) is 20.2. The minimum atomic E-state index is -0.525. The number of nitrogens with one attached hydrogen (secondary N) is 1. The van der Waals surface area contributed by atoms with Gasteiger partial charge in [0.1, 0.15) is 12.4 Å². The van der Waals surface area contributed by atoms with Gasteiger partial charge in [0.05, 0.1) is 4.91 Å². The van der Waals surface area contributed by atoms with Gasteiger partial charge in [0.25, 0.3) is 11.1 Å². The van der Waals surface area contributed by atoms with Crippen LogP contribution in [0.1, 0.15) is 63.1 Å². The van der Waals surface area contributed by atoms with Crippen molar-refractivity contribution in [1.29, 1.82) is 0 Å². The van der Waals surface area contributed by atoms with E-state index in [1.54, 1.807) is 6.08 Å². The highest BCUT2D eigenvalue weighted by atomic mass is 32.2. The zero-order valence-corrected chi connectivity index (χ0v) is 22.2. The zero-order valence-electron chi connectivity index (χ0n) is 21.4. The molecule has 2 aliphatic heterocycles. The number of carbonyl (C=O) groups is 3. The van der Waals surface area contributed by atoms with Crippen LogP contribution in [-0.4, -0.2) is 40.6 Å². The van der Waals surface area contributed by atoms with Gasteiger partial charge in [-0.05, 0) is 110 Å². The third-order valence-corrected chi connectivity index (χ3v) is 7.72. The molecule has 0 spiro atoms. The molecule has 2 aliphatic rings. The van der Waals surface area contributed by atoms with Crippen LogP contribution in [0.2, 0.25) is 0 Å². The Morgan fingerprint density at radius 1 is 1.22 bits per heavy atom. The average Bonchev–Trinajstić information content (AvgIpc) is 3.06. The summed E-state index contributed by atoms with van der Waals surface area (Å²) in [6.07, 6.45) is 3.84. The maximum absolute atomic E-state index is 13.1. The molecule has 6 nitrogen and oxygen atoms in total. The van der Waals surface area contributed by atoms with Gasteiger partial charge in [0.2, 0.25) is 5.91 Å². The largest absolute Gasteiger partial charge is 0.366 e. The molecule has 36 heavy (non-hydrogen) atoms. The van der Waals surface area contributed by atoms with Gasteiger partial charge in [-0.3, -0.25) is 19.3 Å². The first-order chi connectivity index (χ1) is 17.0. The van der Waals surface area contributed by atoms with Crippen LogP contribution in [0.3, 0.4) is 0 Å². The second kappa shape index (κ2) is 10.1. The van der Waals surface area contributed by atoms with E-state index in [0.29, 0.717) is 16.5 Å². The molecule has 0 bridgehead atoms. The van der Waals surface area contributed by atoms with E-state index in [2.05, 4.69) is 50.0 Å². The fraction of sp³-hybridized carbons (Fsp3) is 0.393. The maximum atomic E-state index is 13.1. The minimum absolute atomic E-state index is 0.0630. The SMILES string of the molecule is CCCN1c2cc(C)c(/C=C3/SC(=O)N(CC(=O)Nc4ccc(F)cc4)C3=O)cc2C(C)CC1(C)C. The van der Waals surface area contributed by atoms with Crippen LogP contribution >= 0.6 is 11.8 Å². The van der Waals surface area contributed by atoms with E-state index in [1.165, 1.54) is 35.5 Å². The molecule has 2 aromatic carbocycles. The van der Waals surface area contributed by atoms with Crippen LogP contribution in [0.5, 0.6) is 0 Å². The lowest BCUT2D eigenvalue weighted by Crippen LogP contribution is -2.48. The Kier molecular flexibility index (Phi) is 7.27. The summed E-state index contributed by atoms with van der Waals surface area (Å²) in [4.78, 5) is 41.7. The number of carbonyl (C=O) groups excluding carboxylic acids is 3. The summed E-state index contributed by atoms with van der Waals surface area (Å²) in [5.41, 5.74) is 4.87. The molecule has 2 heterocycles. The molecule has 1 N–H and O–H groups in total. The van der Waals surface area contributed by atoms with E-state index in [1.807, 2.05) is 6.92 Å². The van der Waals surface area contributed by atoms with E-state index in [9.17, 15) is 18.8 Å². The van der Waals surface area contributed by atoms with Crippen LogP contribution in [0.15, 0.2) is 41.3 Å². The molecule has 0 aromatic heterocycles. The summed E-state index contributed by atoms with van der Waals surface area (Å²) in [6, 6.07) is 9.62. The lowest BCUT2D eigenvalue weighted by atomic mass is 9.79. The molecule has 1 unspecified atom stereocenters. The number of imide groups is 1. The summed E-state index contributed by atoms with van der Waals surface area (Å²) < 4.78 is 13.1. The van der Waals surface area contributed by atoms with Crippen molar-refractivity contribution >= 4 is 46.3 Å². The first-order valence-electron chi connectivity index (χ1n) is 12.2. The lowest BCUT2D eigenvalue weighted by molar-refractivity contribution is -0.127. The van der Waals surface area contributed by atoms with E-state index < -0.39 is 29.4 Å². The highest BCUT2D eigenvalue weighted by Gasteiger charge is 2.38. The van der Waals surface area contributed by atoms with Crippen LogP contribution in [0, 0.1) is 12.7 Å². The number of aryl methyl sites for hydroxylation is 1. The number of hydrogen-bond donors (Lipinski definition) is 1. The molecule has 3 amide bonds. The van der Waals surface area contributed by atoms with Crippen molar-refractivity contribution in [3.63, 3.8) is 0 Å². The summed E-state index contributed by atoms with van der Waals surface area (Å²) in [5.74, 6) is -1.07. The number of rotatable bonds is 6. The topological polar surface area (TPSA) is 69.7 Å². The fourth-order valence-corrected chi connectivity index (χ4v) is 5.94. The predicted octanol–water partition coefficient (Wildman–Crippen LogP) is 6.31. The molecule has 1 fully saturated rings. The number of amides is 3. The van der Waals surface area contributed by atoms with Crippen molar-refractivity contribution in [3.8, 4) is 0 Å². The van der Waals surface area contributed by atoms with Crippen molar-refractivity contribution in [2.75, 3.05) is 23.3 Å². The van der Waals surface area contributed by atoms with Crippen LogP contribution in [0.25, 0.3) is 6.08 Å². The summed E-state index contributed by atoms with van der Waals surface area (Å²) >= 11 is 0.841.